The van der Waals surface area contributed by atoms with Gasteiger partial charge in [-0.05, 0) is 97.2 Å². The van der Waals surface area contributed by atoms with E-state index in [-0.39, 0.29) is 52.6 Å². The topological polar surface area (TPSA) is 236 Å². The van der Waals surface area contributed by atoms with E-state index in [1.54, 1.807) is 35.2 Å². The van der Waals surface area contributed by atoms with Crippen molar-refractivity contribution in [2.45, 2.75) is 62.0 Å². The highest BCUT2D eigenvalue weighted by Gasteiger charge is 2.40. The van der Waals surface area contributed by atoms with Gasteiger partial charge < -0.3 is 35.4 Å². The normalized spacial score (nSPS) is 17.7. The van der Waals surface area contributed by atoms with Crippen LogP contribution in [-0.2, 0) is 31.0 Å². The van der Waals surface area contributed by atoms with Gasteiger partial charge in [0.2, 0.25) is 27.8 Å². The zero-order valence-electron chi connectivity index (χ0n) is 40.1. The third-order valence-corrected chi connectivity index (χ3v) is 15.6. The fourth-order valence-corrected chi connectivity index (χ4v) is 11.1. The maximum atomic E-state index is 14.2. The van der Waals surface area contributed by atoms with E-state index in [0.717, 1.165) is 63.1 Å². The molecule has 0 spiro atoms. The molecular weight excluding hydrogens is 1030 g/mol. The molecule has 2 aromatic heterocycles. The summed E-state index contributed by atoms with van der Waals surface area (Å²) in [6.07, 6.45) is 8.09. The molecular formula is C50H53BrFN13O7S. The minimum Gasteiger partial charge on any atom is -0.494 e. The molecule has 5 aromatic rings. The lowest BCUT2D eigenvalue weighted by Gasteiger charge is -2.43. The van der Waals surface area contributed by atoms with Gasteiger partial charge in [-0.3, -0.25) is 39.4 Å². The summed E-state index contributed by atoms with van der Waals surface area (Å²) in [4.78, 5) is 76.6. The molecule has 0 saturated carbocycles. The number of imide groups is 1. The highest BCUT2D eigenvalue weighted by Crippen LogP contribution is 2.44. The predicted octanol–water partition coefficient (Wildman–Crippen LogP) is 5.19. The second kappa shape index (κ2) is 21.9. The predicted molar refractivity (Wildman–Crippen MR) is 276 cm³/mol. The van der Waals surface area contributed by atoms with Gasteiger partial charge in [0, 0.05) is 94.4 Å². The quantitative estimate of drug-likeness (QED) is 0.0393. The number of anilines is 6. The van der Waals surface area contributed by atoms with Crippen LogP contribution in [0.3, 0.4) is 0 Å². The number of hydrogen-bond acceptors (Lipinski definition) is 16. The van der Waals surface area contributed by atoms with E-state index in [1.165, 1.54) is 32.7 Å². The van der Waals surface area contributed by atoms with Gasteiger partial charge in [0.1, 0.15) is 33.7 Å². The standard InChI is InChI=1S/C50H53BrFN13O7S/c1-30(52)47(67)58-37-13-15-40(72-3)43(60-50-56-28-35(51)46(61-50)57-38-12-11-36-42(55-20-19-54-36)45(38)73(70,71)53-2)44(37)64-22-17-32(18-23-64)63-26-24-62(25-27-63)21-6-4-5-8-31-9-7-10-33-34(31)29-65(49(33)69)39-14-16-41(66)59-48(39)68/h7,9-13,15,19-20,28,32,39,53H,1,4,6,14,16-18,21-27,29H2,2-3H3,(H,58,67)(H,59,66,68)(H2,56,57,60,61). The number of sulfonamides is 1. The highest BCUT2D eigenvalue weighted by molar-refractivity contribution is 9.10. The number of ether oxygens (including phenoxy) is 1. The number of benzene rings is 3. The Kier molecular flexibility index (Phi) is 15.3. The van der Waals surface area contributed by atoms with Gasteiger partial charge in [-0.2, -0.15) is 4.98 Å². The second-order valence-corrected chi connectivity index (χ2v) is 20.5. The van der Waals surface area contributed by atoms with Crippen LogP contribution < -0.4 is 35.6 Å². The molecule has 3 saturated heterocycles. The maximum absolute atomic E-state index is 14.2. The van der Waals surface area contributed by atoms with E-state index in [2.05, 4.69) is 90.0 Å². The molecule has 3 aromatic carbocycles. The molecule has 4 amide bonds. The molecule has 0 aliphatic carbocycles. The van der Waals surface area contributed by atoms with Crippen LogP contribution in [0.25, 0.3) is 11.0 Å². The summed E-state index contributed by atoms with van der Waals surface area (Å²) < 4.78 is 49.5. The maximum Gasteiger partial charge on any atom is 0.283 e. The van der Waals surface area contributed by atoms with E-state index in [1.807, 2.05) is 12.1 Å². The molecule has 0 radical (unpaired) electrons. The Hall–Kier alpha value is -7.10. The van der Waals surface area contributed by atoms with Crippen LogP contribution in [0.5, 0.6) is 5.75 Å². The van der Waals surface area contributed by atoms with Gasteiger partial charge in [0.15, 0.2) is 5.83 Å². The Labute approximate surface area is 429 Å². The van der Waals surface area contributed by atoms with Crippen LogP contribution >= 0.6 is 15.9 Å². The van der Waals surface area contributed by atoms with E-state index < -0.39 is 33.7 Å². The van der Waals surface area contributed by atoms with Crippen LogP contribution in [0.4, 0.5) is 38.9 Å². The van der Waals surface area contributed by atoms with Gasteiger partial charge in [-0.1, -0.05) is 24.5 Å². The van der Waals surface area contributed by atoms with Crippen LogP contribution in [-0.4, -0.2) is 139 Å². The zero-order chi connectivity index (χ0) is 51.4. The zero-order valence-corrected chi connectivity index (χ0v) is 42.5. The highest BCUT2D eigenvalue weighted by atomic mass is 79.9. The Bertz CT molecular complexity index is 3190. The van der Waals surface area contributed by atoms with E-state index in [4.69, 9.17) is 9.72 Å². The van der Waals surface area contributed by atoms with Crippen molar-refractivity contribution in [1.29, 1.82) is 0 Å². The van der Waals surface area contributed by atoms with Crippen molar-refractivity contribution in [3.05, 3.63) is 94.6 Å². The van der Waals surface area contributed by atoms with E-state index in [9.17, 15) is 32.0 Å². The fraction of sp³-hybridized carbons (Fsp3) is 0.360. The molecule has 5 N–H and O–H groups in total. The smallest absolute Gasteiger partial charge is 0.283 e. The number of fused-ring (bicyclic) bond motifs is 2. The lowest BCUT2D eigenvalue weighted by molar-refractivity contribution is -0.137. The van der Waals surface area contributed by atoms with Crippen molar-refractivity contribution in [3.8, 4) is 17.6 Å². The number of aromatic nitrogens is 4. The number of nitrogens with one attached hydrogen (secondary N) is 5. The molecule has 23 heteroatoms. The van der Waals surface area contributed by atoms with Gasteiger partial charge in [-0.25, -0.2) is 22.5 Å². The number of amides is 4. The van der Waals surface area contributed by atoms with Crippen molar-refractivity contribution in [2.75, 3.05) is 80.8 Å². The van der Waals surface area contributed by atoms with E-state index in [0.29, 0.717) is 70.3 Å². The Balaban J connectivity index is 0.837. The summed E-state index contributed by atoms with van der Waals surface area (Å²) in [5, 5.41) is 11.4. The molecule has 3 fully saturated rings. The number of nitrogens with zero attached hydrogens (tertiary/aromatic N) is 8. The monoisotopic (exact) mass is 1080 g/mol. The van der Waals surface area contributed by atoms with E-state index >= 15 is 0 Å². The molecule has 9 rings (SSSR count). The van der Waals surface area contributed by atoms with Gasteiger partial charge in [0.05, 0.1) is 34.2 Å². The minimum absolute atomic E-state index is 0.0965. The van der Waals surface area contributed by atoms with Crippen LogP contribution in [0.2, 0.25) is 0 Å². The fourth-order valence-electron chi connectivity index (χ4n) is 9.78. The van der Waals surface area contributed by atoms with Crippen molar-refractivity contribution >= 4 is 95.1 Å². The average molecular weight is 1080 g/mol. The van der Waals surface area contributed by atoms with Crippen molar-refractivity contribution in [2.24, 2.45) is 0 Å². The van der Waals surface area contributed by atoms with Gasteiger partial charge in [0.25, 0.3) is 11.8 Å². The lowest BCUT2D eigenvalue weighted by atomic mass is 10.0. The number of carbonyl (C=O) groups excluding carboxylic acids is 4. The molecule has 73 heavy (non-hydrogen) atoms. The number of methoxy groups -OCH3 is 1. The Morgan fingerprint density at radius 2 is 1.74 bits per heavy atom. The number of rotatable bonds is 15. The van der Waals surface area contributed by atoms with Crippen molar-refractivity contribution in [3.63, 3.8) is 0 Å². The number of piperazine rings is 1. The van der Waals surface area contributed by atoms with Crippen LogP contribution in [0, 0.1) is 11.8 Å². The minimum atomic E-state index is -4.04. The summed E-state index contributed by atoms with van der Waals surface area (Å²) in [7, 11) is -1.22. The summed E-state index contributed by atoms with van der Waals surface area (Å²) in [5.74, 6) is 4.18. The first-order chi connectivity index (χ1) is 35.2. The number of hydrogen-bond donors (Lipinski definition) is 5. The molecule has 380 valence electrons. The number of halogens is 2. The number of unbranched alkanes of at least 4 members (excludes halogenated alkanes) is 1. The second-order valence-electron chi connectivity index (χ2n) is 17.8. The summed E-state index contributed by atoms with van der Waals surface area (Å²) >= 11 is 3.49. The van der Waals surface area contributed by atoms with Crippen molar-refractivity contribution < 1.29 is 36.7 Å². The summed E-state index contributed by atoms with van der Waals surface area (Å²) in [6, 6.07) is 11.6. The molecule has 1 atom stereocenters. The third kappa shape index (κ3) is 11.0. The summed E-state index contributed by atoms with van der Waals surface area (Å²) in [6.45, 7) is 9.21. The Morgan fingerprint density at radius 3 is 2.48 bits per heavy atom. The van der Waals surface area contributed by atoms with Gasteiger partial charge in [-0.15, -0.1) is 0 Å². The molecule has 1 unspecified atom stereocenters. The summed E-state index contributed by atoms with van der Waals surface area (Å²) in [5.41, 5.74) is 4.14. The molecule has 4 aliphatic heterocycles. The molecule has 0 bridgehead atoms. The number of carbonyl (C=O) groups is 4. The number of piperidine rings is 2. The molecule has 4 aliphatic rings. The van der Waals surface area contributed by atoms with Crippen molar-refractivity contribution in [1.82, 2.24) is 44.7 Å². The largest absolute Gasteiger partial charge is 0.494 e. The average Bonchev–Trinajstić information content (AvgIpc) is 3.73. The molecule has 20 nitrogen and oxygen atoms in total. The third-order valence-electron chi connectivity index (χ3n) is 13.5. The first-order valence-electron chi connectivity index (χ1n) is 23.8. The van der Waals surface area contributed by atoms with Gasteiger partial charge >= 0.3 is 0 Å². The first kappa shape index (κ1) is 50.8. The van der Waals surface area contributed by atoms with Crippen LogP contribution in [0.1, 0.15) is 60.0 Å². The SMILES string of the molecule is C=C(F)C(=O)Nc1ccc(OC)c(Nc2ncc(Br)c(Nc3ccc4nccnc4c3S(=O)(=O)NC)n2)c1N1CCC(N2CCN(CCCC#Cc3cccc4c3CN(C3CCC(=O)NC3=O)C4=O)CC2)CC1. The lowest BCUT2D eigenvalue weighted by Crippen LogP contribution is -2.53. The first-order valence-corrected chi connectivity index (χ1v) is 26.1. The van der Waals surface area contributed by atoms with Crippen LogP contribution in [0.15, 0.2) is 82.8 Å². The Morgan fingerprint density at radius 1 is 0.973 bits per heavy atom. The molecule has 6 heterocycles.